The number of sulfone groups is 1. The van der Waals surface area contributed by atoms with E-state index in [9.17, 15) is 8.42 Å². The van der Waals surface area contributed by atoms with Crippen LogP contribution < -0.4 is 0 Å². The Morgan fingerprint density at radius 1 is 0.824 bits per heavy atom. The topological polar surface area (TPSA) is 34.1 Å². The van der Waals surface area contributed by atoms with Gasteiger partial charge in [-0.25, -0.2) is 8.42 Å². The highest BCUT2D eigenvalue weighted by Crippen LogP contribution is 2.15. The van der Waals surface area contributed by atoms with Crippen molar-refractivity contribution in [2.24, 2.45) is 0 Å². The molecule has 0 saturated carbocycles. The first kappa shape index (κ1) is 11.9. The van der Waals surface area contributed by atoms with E-state index >= 15 is 0 Å². The number of rotatable bonds is 4. The molecular weight excluding hydrogens is 232 g/mol. The first-order valence-corrected chi connectivity index (χ1v) is 6.90. The number of benzene rings is 2. The van der Waals surface area contributed by atoms with Gasteiger partial charge in [-0.15, -0.1) is 0 Å². The maximum Gasteiger partial charge on any atom is 0.182 e. The van der Waals surface area contributed by atoms with Crippen LogP contribution in [0.25, 0.3) is 0 Å². The van der Waals surface area contributed by atoms with Gasteiger partial charge >= 0.3 is 0 Å². The summed E-state index contributed by atoms with van der Waals surface area (Å²) in [6, 6.07) is 18.0. The summed E-state index contributed by atoms with van der Waals surface area (Å²) in [6.45, 7) is 0. The van der Waals surface area contributed by atoms with Crippen LogP contribution >= 0.6 is 0 Å². The predicted molar refractivity (Wildman–Crippen MR) is 68.1 cm³/mol. The predicted octanol–water partition coefficient (Wildman–Crippen LogP) is 2.86. The van der Waals surface area contributed by atoms with Gasteiger partial charge < -0.3 is 0 Å². The third-order valence-corrected chi connectivity index (χ3v) is 3.99. The van der Waals surface area contributed by atoms with Crippen molar-refractivity contribution in [3.8, 4) is 0 Å². The summed E-state index contributed by atoms with van der Waals surface area (Å²) in [5.41, 5.74) is 0.993. The molecule has 0 N–H and O–H groups in total. The van der Waals surface area contributed by atoms with Crippen LogP contribution in [0.3, 0.4) is 0 Å². The van der Waals surface area contributed by atoms with Crippen molar-refractivity contribution in [1.82, 2.24) is 0 Å². The highest BCUT2D eigenvalue weighted by Gasteiger charge is 2.13. The van der Waals surface area contributed by atoms with Crippen LogP contribution in [-0.4, -0.2) is 8.42 Å². The van der Waals surface area contributed by atoms with Gasteiger partial charge in [-0.1, -0.05) is 48.5 Å². The van der Waals surface area contributed by atoms with Gasteiger partial charge in [-0.05, 0) is 24.1 Å². The zero-order valence-corrected chi connectivity index (χ0v) is 10.1. The summed E-state index contributed by atoms with van der Waals surface area (Å²) in [6.07, 6.45) is 0.429. The molecule has 0 fully saturated rings. The molecule has 0 spiro atoms. The third kappa shape index (κ3) is 3.17. The number of hydrogen-bond acceptors (Lipinski definition) is 2. The minimum atomic E-state index is -3.28. The minimum Gasteiger partial charge on any atom is -0.223 e. The zero-order valence-electron chi connectivity index (χ0n) is 9.28. The lowest BCUT2D eigenvalue weighted by Crippen LogP contribution is -2.03. The van der Waals surface area contributed by atoms with Crippen molar-refractivity contribution in [2.45, 2.75) is 11.3 Å². The second-order valence-corrected chi connectivity index (χ2v) is 5.61. The molecule has 0 saturated heterocycles. The SMILES string of the molecule is O=S(=O)([CH]Cc1ccccc1)c1ccccc1. The molecule has 0 bridgehead atoms. The summed E-state index contributed by atoms with van der Waals surface area (Å²) in [7, 11) is -3.28. The maximum absolute atomic E-state index is 11.9. The summed E-state index contributed by atoms with van der Waals surface area (Å²) >= 11 is 0. The van der Waals surface area contributed by atoms with Crippen molar-refractivity contribution in [3.63, 3.8) is 0 Å². The fraction of sp³-hybridized carbons (Fsp3) is 0.0714. The Kier molecular flexibility index (Phi) is 3.59. The monoisotopic (exact) mass is 245 g/mol. The van der Waals surface area contributed by atoms with Crippen LogP contribution in [0.15, 0.2) is 65.6 Å². The van der Waals surface area contributed by atoms with Gasteiger partial charge in [0.2, 0.25) is 0 Å². The lowest BCUT2D eigenvalue weighted by Gasteiger charge is -2.03. The van der Waals surface area contributed by atoms with E-state index in [2.05, 4.69) is 0 Å². The highest BCUT2D eigenvalue weighted by molar-refractivity contribution is 7.93. The molecule has 0 aliphatic carbocycles. The fourth-order valence-electron chi connectivity index (χ4n) is 1.53. The van der Waals surface area contributed by atoms with E-state index in [1.807, 2.05) is 30.3 Å². The number of hydrogen-bond donors (Lipinski definition) is 0. The molecule has 3 heteroatoms. The minimum absolute atomic E-state index is 0.343. The Morgan fingerprint density at radius 2 is 1.35 bits per heavy atom. The summed E-state index contributed by atoms with van der Waals surface area (Å²) in [4.78, 5) is 0.343. The van der Waals surface area contributed by atoms with Crippen LogP contribution in [-0.2, 0) is 16.3 Å². The molecule has 0 aromatic heterocycles. The Labute approximate surface area is 102 Å². The van der Waals surface area contributed by atoms with E-state index in [-0.39, 0.29) is 0 Å². The molecule has 2 aromatic carbocycles. The third-order valence-electron chi connectivity index (χ3n) is 2.45. The van der Waals surface area contributed by atoms with E-state index in [4.69, 9.17) is 0 Å². The molecule has 2 aromatic rings. The quantitative estimate of drug-likeness (QED) is 0.830. The van der Waals surface area contributed by atoms with E-state index in [0.717, 1.165) is 5.56 Å². The Bertz CT molecular complexity index is 560. The Morgan fingerprint density at radius 3 is 1.94 bits per heavy atom. The van der Waals surface area contributed by atoms with Crippen molar-refractivity contribution in [1.29, 1.82) is 0 Å². The maximum atomic E-state index is 11.9. The second kappa shape index (κ2) is 5.15. The van der Waals surface area contributed by atoms with Gasteiger partial charge in [-0.3, -0.25) is 0 Å². The molecular formula is C14H13O2S. The van der Waals surface area contributed by atoms with Crippen molar-refractivity contribution in [2.75, 3.05) is 0 Å². The van der Waals surface area contributed by atoms with E-state index in [1.165, 1.54) is 5.75 Å². The summed E-state index contributed by atoms with van der Waals surface area (Å²) < 4.78 is 23.9. The average Bonchev–Trinajstić information content (AvgIpc) is 2.39. The van der Waals surface area contributed by atoms with Gasteiger partial charge in [0.1, 0.15) is 0 Å². The lowest BCUT2D eigenvalue weighted by molar-refractivity contribution is 0.600. The summed E-state index contributed by atoms with van der Waals surface area (Å²) in [5, 5.41) is 0. The van der Waals surface area contributed by atoms with Crippen LogP contribution in [0.5, 0.6) is 0 Å². The standard InChI is InChI=1S/C14H13O2S/c15-17(16,14-9-5-2-6-10-14)12-11-13-7-3-1-4-8-13/h1-10,12H,11H2. The smallest absolute Gasteiger partial charge is 0.182 e. The van der Waals surface area contributed by atoms with Gasteiger partial charge in [-0.2, -0.15) is 0 Å². The van der Waals surface area contributed by atoms with Crippen LogP contribution in [0, 0.1) is 5.75 Å². The Hall–Kier alpha value is -1.61. The first-order chi connectivity index (χ1) is 8.18. The van der Waals surface area contributed by atoms with Gasteiger partial charge in [0.25, 0.3) is 0 Å². The van der Waals surface area contributed by atoms with Crippen LogP contribution in [0.2, 0.25) is 0 Å². The van der Waals surface area contributed by atoms with Gasteiger partial charge in [0.15, 0.2) is 9.84 Å². The molecule has 0 aliphatic rings. The van der Waals surface area contributed by atoms with Crippen LogP contribution in [0.4, 0.5) is 0 Å². The van der Waals surface area contributed by atoms with Crippen molar-refractivity contribution >= 4 is 9.84 Å². The van der Waals surface area contributed by atoms with Crippen molar-refractivity contribution in [3.05, 3.63) is 72.0 Å². The first-order valence-electron chi connectivity index (χ1n) is 5.36. The molecule has 2 rings (SSSR count). The molecule has 2 nitrogen and oxygen atoms in total. The zero-order chi connectivity index (χ0) is 12.1. The molecule has 0 amide bonds. The fourth-order valence-corrected chi connectivity index (χ4v) is 2.67. The molecule has 0 aliphatic heterocycles. The van der Waals surface area contributed by atoms with Gasteiger partial charge in [0, 0.05) is 0 Å². The molecule has 17 heavy (non-hydrogen) atoms. The van der Waals surface area contributed by atoms with Crippen LogP contribution in [0.1, 0.15) is 5.56 Å². The largest absolute Gasteiger partial charge is 0.223 e. The molecule has 0 atom stereocenters. The molecule has 87 valence electrons. The normalized spacial score (nSPS) is 11.3. The van der Waals surface area contributed by atoms with Crippen molar-refractivity contribution < 1.29 is 8.42 Å². The highest BCUT2D eigenvalue weighted by atomic mass is 32.2. The lowest BCUT2D eigenvalue weighted by atomic mass is 10.2. The van der Waals surface area contributed by atoms with E-state index in [1.54, 1.807) is 30.3 Å². The Balaban J connectivity index is 2.09. The second-order valence-electron chi connectivity index (χ2n) is 3.71. The molecule has 0 heterocycles. The molecule has 0 unspecified atom stereocenters. The van der Waals surface area contributed by atoms with E-state index in [0.29, 0.717) is 11.3 Å². The average molecular weight is 245 g/mol. The molecule has 1 radical (unpaired) electrons. The summed E-state index contributed by atoms with van der Waals surface area (Å²) in [5.74, 6) is 1.36. The van der Waals surface area contributed by atoms with Gasteiger partial charge in [0.05, 0.1) is 10.6 Å². The van der Waals surface area contributed by atoms with E-state index < -0.39 is 9.84 Å².